The van der Waals surface area contributed by atoms with Crippen molar-refractivity contribution in [3.8, 4) is 0 Å². The van der Waals surface area contributed by atoms with Crippen LogP contribution in [-0.4, -0.2) is 27.6 Å². The molecule has 0 saturated carbocycles. The lowest BCUT2D eigenvalue weighted by atomic mass is 10.2. The molecule has 9 heteroatoms. The van der Waals surface area contributed by atoms with Gasteiger partial charge in [-0.25, -0.2) is 9.52 Å². The molecule has 0 saturated heterocycles. The Balaban J connectivity index is 4.03. The molecule has 0 aliphatic carbocycles. The molecule has 0 heterocycles. The monoisotopic (exact) mass is 260 g/mol. The van der Waals surface area contributed by atoms with E-state index in [4.69, 9.17) is 0 Å². The maximum Gasteiger partial charge on any atom is 0.575 e. The van der Waals surface area contributed by atoms with E-state index in [2.05, 4.69) is 4.74 Å². The maximum atomic E-state index is 11.6. The molecule has 0 aromatic rings. The first-order valence-electron chi connectivity index (χ1n) is 4.02. The minimum absolute atomic E-state index is 0.00719. The molecule has 1 N–H and O–H groups in total. The number of carbonyl (C=O) groups excluding carboxylic acids is 1. The quantitative estimate of drug-likeness (QED) is 0.343. The van der Waals surface area contributed by atoms with E-state index in [1.165, 1.54) is 0 Å². The van der Waals surface area contributed by atoms with Crippen molar-refractivity contribution in [2.24, 2.45) is 0 Å². The van der Waals surface area contributed by atoms with Crippen molar-refractivity contribution in [3.05, 3.63) is 11.6 Å². The van der Waals surface area contributed by atoms with Crippen LogP contribution in [0.15, 0.2) is 11.6 Å². The van der Waals surface area contributed by atoms with E-state index in [1.807, 2.05) is 4.72 Å². The van der Waals surface area contributed by atoms with E-state index in [9.17, 15) is 26.7 Å². The number of hydrogen-bond donors (Lipinski definition) is 1. The highest BCUT2D eigenvalue weighted by Gasteiger charge is 2.34. The van der Waals surface area contributed by atoms with Crippen LogP contribution in [0.25, 0.3) is 0 Å². The number of carbonyl (C=O) groups is 1. The maximum absolute atomic E-state index is 11.6. The second-order valence-electron chi connectivity index (χ2n) is 2.64. The van der Waals surface area contributed by atoms with Gasteiger partial charge in [0, 0.05) is 23.4 Å². The lowest BCUT2D eigenvalue weighted by molar-refractivity contribution is -0.303. The third kappa shape index (κ3) is 8.38. The highest BCUT2D eigenvalue weighted by Crippen LogP contribution is 2.18. The summed E-state index contributed by atoms with van der Waals surface area (Å²) in [6.45, 7) is 1.13. The fourth-order valence-electron chi connectivity index (χ4n) is 0.700. The van der Waals surface area contributed by atoms with Crippen LogP contribution in [0.5, 0.6) is 0 Å². The summed E-state index contributed by atoms with van der Waals surface area (Å²) in [5, 5.41) is 0. The van der Waals surface area contributed by atoms with Crippen LogP contribution >= 0.6 is 0 Å². The lowest BCUT2D eigenvalue weighted by Crippen LogP contribution is -2.20. The van der Waals surface area contributed by atoms with Crippen LogP contribution in [0.1, 0.15) is 13.3 Å². The Labute approximate surface area is 92.1 Å². The van der Waals surface area contributed by atoms with Crippen LogP contribution in [-0.2, 0) is 20.8 Å². The molecule has 0 rings (SSSR count). The summed E-state index contributed by atoms with van der Waals surface area (Å²) in [5.41, 5.74) is -0.240. The number of nitrogens with one attached hydrogen (secondary N) is 1. The van der Waals surface area contributed by atoms with Gasteiger partial charge in [0.2, 0.25) is 0 Å². The second-order valence-corrected chi connectivity index (χ2v) is 3.40. The van der Waals surface area contributed by atoms with E-state index in [1.54, 1.807) is 0 Å². The summed E-state index contributed by atoms with van der Waals surface area (Å²) < 4.78 is 59.9. The average Bonchev–Trinajstić information content (AvgIpc) is 2.08. The molecule has 0 amide bonds. The third-order valence-electron chi connectivity index (χ3n) is 1.35. The Morgan fingerprint density at radius 2 is 2.12 bits per heavy atom. The summed E-state index contributed by atoms with van der Waals surface area (Å²) in [7, 11) is 0. The van der Waals surface area contributed by atoms with Crippen LogP contribution in [0.2, 0.25) is 0 Å². The van der Waals surface area contributed by atoms with Gasteiger partial charge in [-0.15, -0.1) is 13.2 Å². The summed E-state index contributed by atoms with van der Waals surface area (Å²) in [6.07, 6.45) is -3.78. The minimum Gasteiger partial charge on any atom is -0.760 e. The predicted molar refractivity (Wildman–Crippen MR) is 47.4 cm³/mol. The van der Waals surface area contributed by atoms with Gasteiger partial charge in [-0.3, -0.25) is 4.21 Å². The van der Waals surface area contributed by atoms with Gasteiger partial charge < -0.3 is 9.29 Å². The average molecular weight is 260 g/mol. The van der Waals surface area contributed by atoms with Gasteiger partial charge in [0.15, 0.2) is 0 Å². The van der Waals surface area contributed by atoms with E-state index in [0.717, 1.165) is 13.0 Å². The molecule has 0 aromatic carbocycles. The first-order valence-corrected chi connectivity index (χ1v) is 5.09. The van der Waals surface area contributed by atoms with Gasteiger partial charge in [-0.05, 0) is 13.3 Å². The van der Waals surface area contributed by atoms with Gasteiger partial charge in [-0.2, -0.15) is 0 Å². The number of esters is 1. The van der Waals surface area contributed by atoms with Gasteiger partial charge in [0.25, 0.3) is 0 Å². The zero-order valence-electron chi connectivity index (χ0n) is 8.17. The molecule has 0 aliphatic heterocycles. The fraction of sp³-hybridized carbons (Fsp3) is 0.571. The summed E-state index contributed by atoms with van der Waals surface area (Å²) in [6, 6.07) is 0. The number of halogens is 3. The normalized spacial score (nSPS) is 14.7. The smallest absolute Gasteiger partial charge is 0.575 e. The molecule has 0 radical (unpaired) electrons. The Morgan fingerprint density at radius 1 is 1.56 bits per heavy atom. The van der Waals surface area contributed by atoms with E-state index >= 15 is 0 Å². The van der Waals surface area contributed by atoms with Crippen molar-refractivity contribution in [2.75, 3.05) is 6.54 Å². The van der Waals surface area contributed by atoms with Crippen molar-refractivity contribution in [3.63, 3.8) is 0 Å². The number of alkyl halides is 3. The molecular weight excluding hydrogens is 251 g/mol. The Kier molecular flexibility index (Phi) is 6.22. The Bertz CT molecular complexity index is 302. The molecule has 0 spiro atoms. The van der Waals surface area contributed by atoms with E-state index in [-0.39, 0.29) is 18.5 Å². The SMILES string of the molecule is CC(=CCCNS(=O)[O-])C(=O)OC(F)(F)F. The van der Waals surface area contributed by atoms with Crippen LogP contribution < -0.4 is 4.72 Å². The first-order chi connectivity index (χ1) is 7.22. The van der Waals surface area contributed by atoms with Gasteiger partial charge in [0.05, 0.1) is 0 Å². The molecule has 0 fully saturated rings. The van der Waals surface area contributed by atoms with Crippen molar-refractivity contribution in [2.45, 2.75) is 19.7 Å². The largest absolute Gasteiger partial charge is 0.760 e. The van der Waals surface area contributed by atoms with Gasteiger partial charge in [-0.1, -0.05) is 6.08 Å². The number of ether oxygens (including phenoxy) is 1. The number of hydrogen-bond acceptors (Lipinski definition) is 4. The molecule has 0 aromatic heterocycles. The van der Waals surface area contributed by atoms with E-state index < -0.39 is 23.6 Å². The summed E-state index contributed by atoms with van der Waals surface area (Å²) in [5.74, 6) is -1.50. The number of rotatable bonds is 5. The molecule has 1 unspecified atom stereocenters. The van der Waals surface area contributed by atoms with Crippen molar-refractivity contribution < 1.29 is 31.5 Å². The molecule has 94 valence electrons. The first kappa shape index (κ1) is 15.1. The van der Waals surface area contributed by atoms with Crippen LogP contribution in [0.4, 0.5) is 13.2 Å². The predicted octanol–water partition coefficient (Wildman–Crippen LogP) is 0.770. The van der Waals surface area contributed by atoms with E-state index in [0.29, 0.717) is 0 Å². The highest BCUT2D eigenvalue weighted by molar-refractivity contribution is 7.77. The summed E-state index contributed by atoms with van der Waals surface area (Å²) in [4.78, 5) is 10.7. The summed E-state index contributed by atoms with van der Waals surface area (Å²) >= 11 is -2.43. The highest BCUT2D eigenvalue weighted by atomic mass is 32.2. The second kappa shape index (κ2) is 6.61. The van der Waals surface area contributed by atoms with Gasteiger partial charge >= 0.3 is 12.3 Å². The molecular formula is C7H9F3NO4S-. The van der Waals surface area contributed by atoms with Crippen molar-refractivity contribution in [1.29, 1.82) is 0 Å². The molecule has 1 atom stereocenters. The zero-order chi connectivity index (χ0) is 12.8. The Morgan fingerprint density at radius 3 is 2.56 bits per heavy atom. The van der Waals surface area contributed by atoms with Crippen molar-refractivity contribution in [1.82, 2.24) is 4.72 Å². The molecule has 0 aliphatic rings. The minimum atomic E-state index is -5.01. The van der Waals surface area contributed by atoms with Crippen LogP contribution in [0, 0.1) is 0 Å². The molecule has 5 nitrogen and oxygen atoms in total. The zero-order valence-corrected chi connectivity index (χ0v) is 8.98. The third-order valence-corrected chi connectivity index (χ3v) is 1.79. The topological polar surface area (TPSA) is 78.5 Å². The lowest BCUT2D eigenvalue weighted by Gasteiger charge is -2.07. The molecule has 0 bridgehead atoms. The molecule has 16 heavy (non-hydrogen) atoms. The standard InChI is InChI=1S/C7H10F3NO4S/c1-5(3-2-4-11-16(13)14)6(12)15-7(8,9)10/h3,11H,2,4H2,1H3,(H,13,14)/p-1. The van der Waals surface area contributed by atoms with Crippen LogP contribution in [0.3, 0.4) is 0 Å². The fourth-order valence-corrected chi connectivity index (χ4v) is 0.984. The van der Waals surface area contributed by atoms with Crippen molar-refractivity contribution >= 4 is 17.2 Å². The Hall–Kier alpha value is -0.930. The van der Waals surface area contributed by atoms with Gasteiger partial charge in [0.1, 0.15) is 0 Å².